The summed E-state index contributed by atoms with van der Waals surface area (Å²) in [5.41, 5.74) is 0.728. The third-order valence-electron chi connectivity index (χ3n) is 6.76. The van der Waals surface area contributed by atoms with Gasteiger partial charge in [-0.1, -0.05) is 40.0 Å². The number of carbonyl (C=O) groups excluding carboxylic acids is 2. The monoisotopic (exact) mass is 452 g/mol. The highest BCUT2D eigenvalue weighted by molar-refractivity contribution is 6.11. The minimum Gasteiger partial charge on any atom is -0.494 e. The Balaban J connectivity index is 1.74. The van der Waals surface area contributed by atoms with Crippen LogP contribution in [0.1, 0.15) is 82.9 Å². The fraction of sp³-hybridized carbons (Fsp3) is 0.577. The molecule has 2 aliphatic rings. The first-order valence-electron chi connectivity index (χ1n) is 12.1. The Bertz CT molecular complexity index is 1020. The molecule has 33 heavy (non-hydrogen) atoms. The van der Waals surface area contributed by atoms with Crippen molar-refractivity contribution >= 4 is 17.5 Å². The van der Waals surface area contributed by atoms with Crippen LogP contribution in [0.2, 0.25) is 0 Å². The molecule has 1 aromatic heterocycles. The van der Waals surface area contributed by atoms with Gasteiger partial charge in [0.05, 0.1) is 18.8 Å². The van der Waals surface area contributed by atoms with Gasteiger partial charge in [0.15, 0.2) is 0 Å². The zero-order valence-corrected chi connectivity index (χ0v) is 20.5. The van der Waals surface area contributed by atoms with Gasteiger partial charge >= 0.3 is 0 Å². The van der Waals surface area contributed by atoms with E-state index < -0.39 is 5.54 Å². The van der Waals surface area contributed by atoms with Gasteiger partial charge in [-0.15, -0.1) is 0 Å². The van der Waals surface area contributed by atoms with Crippen molar-refractivity contribution in [2.45, 2.75) is 90.3 Å². The largest absolute Gasteiger partial charge is 0.494 e. The molecule has 2 amide bonds. The van der Waals surface area contributed by atoms with E-state index in [1.165, 1.54) is 6.42 Å². The van der Waals surface area contributed by atoms with Gasteiger partial charge in [0.25, 0.3) is 5.91 Å². The molecule has 1 aliphatic heterocycles. The van der Waals surface area contributed by atoms with E-state index in [0.29, 0.717) is 24.5 Å². The number of fused-ring (bicyclic) bond motifs is 1. The molecule has 1 aliphatic carbocycles. The van der Waals surface area contributed by atoms with Crippen molar-refractivity contribution in [2.75, 3.05) is 11.5 Å². The van der Waals surface area contributed by atoms with E-state index in [-0.39, 0.29) is 23.3 Å². The molecule has 178 valence electrons. The third kappa shape index (κ3) is 4.50. The number of nitrogens with zero attached hydrogens (tertiary/aromatic N) is 3. The zero-order valence-electron chi connectivity index (χ0n) is 20.5. The van der Waals surface area contributed by atoms with Crippen molar-refractivity contribution < 1.29 is 14.3 Å². The van der Waals surface area contributed by atoms with Crippen molar-refractivity contribution in [3.05, 3.63) is 41.7 Å². The van der Waals surface area contributed by atoms with Crippen LogP contribution in [0, 0.1) is 0 Å². The van der Waals surface area contributed by atoms with Crippen molar-refractivity contribution in [1.82, 2.24) is 15.1 Å². The maximum Gasteiger partial charge on any atom is 0.277 e. The Morgan fingerprint density at radius 3 is 2.45 bits per heavy atom. The van der Waals surface area contributed by atoms with Gasteiger partial charge in [-0.3, -0.25) is 19.2 Å². The molecule has 1 N–H and O–H groups in total. The normalized spacial score (nSPS) is 21.6. The Labute approximate surface area is 196 Å². The van der Waals surface area contributed by atoms with Gasteiger partial charge in [-0.25, -0.2) is 0 Å². The quantitative estimate of drug-likeness (QED) is 0.727. The summed E-state index contributed by atoms with van der Waals surface area (Å²) in [7, 11) is 0. The first kappa shape index (κ1) is 23.3. The van der Waals surface area contributed by atoms with Crippen LogP contribution in [0.4, 0.5) is 5.69 Å². The number of hydrogen-bond donors (Lipinski definition) is 1. The average molecular weight is 453 g/mol. The number of benzene rings is 1. The molecule has 7 nitrogen and oxygen atoms in total. The summed E-state index contributed by atoms with van der Waals surface area (Å²) in [5.74, 6) is 0.393. The fourth-order valence-electron chi connectivity index (χ4n) is 4.80. The number of anilines is 1. The highest BCUT2D eigenvalue weighted by Gasteiger charge is 2.49. The highest BCUT2D eigenvalue weighted by atomic mass is 16.5. The van der Waals surface area contributed by atoms with Gasteiger partial charge in [0, 0.05) is 17.1 Å². The van der Waals surface area contributed by atoms with Crippen LogP contribution in [0.3, 0.4) is 0 Å². The number of aromatic nitrogens is 2. The summed E-state index contributed by atoms with van der Waals surface area (Å²) in [5, 5.41) is 7.98. The van der Waals surface area contributed by atoms with Crippen LogP contribution in [-0.2, 0) is 16.8 Å². The lowest BCUT2D eigenvalue weighted by atomic mass is 9.90. The standard InChI is InChI=1S/C26H36N4O3/c1-6-33-20-14-12-19(13-15-20)30-23(31)21-16-22(25(2,3)4)28-29(21)17-26(30,5)24(32)27-18-10-8-7-9-11-18/h12-16,18H,6-11,17H2,1-5H3,(H,27,32). The van der Waals surface area contributed by atoms with E-state index in [1.54, 1.807) is 9.58 Å². The molecule has 0 spiro atoms. The number of ether oxygens (including phenoxy) is 1. The van der Waals surface area contributed by atoms with Crippen LogP contribution in [0.15, 0.2) is 30.3 Å². The van der Waals surface area contributed by atoms with Crippen molar-refractivity contribution in [3.8, 4) is 5.75 Å². The van der Waals surface area contributed by atoms with E-state index in [0.717, 1.165) is 37.1 Å². The molecule has 0 radical (unpaired) electrons. The SMILES string of the molecule is CCOc1ccc(N2C(=O)c3cc(C(C)(C)C)nn3CC2(C)C(=O)NC2CCCCC2)cc1. The molecule has 1 aromatic carbocycles. The molecule has 0 saturated heterocycles. The number of rotatable bonds is 5. The third-order valence-corrected chi connectivity index (χ3v) is 6.76. The van der Waals surface area contributed by atoms with Gasteiger partial charge in [-0.05, 0) is 57.0 Å². The topological polar surface area (TPSA) is 76.5 Å². The summed E-state index contributed by atoms with van der Waals surface area (Å²) < 4.78 is 7.29. The first-order valence-corrected chi connectivity index (χ1v) is 12.1. The summed E-state index contributed by atoms with van der Waals surface area (Å²) >= 11 is 0. The van der Waals surface area contributed by atoms with E-state index in [2.05, 4.69) is 26.1 Å². The average Bonchev–Trinajstić information content (AvgIpc) is 3.20. The van der Waals surface area contributed by atoms with E-state index in [9.17, 15) is 9.59 Å². The lowest BCUT2D eigenvalue weighted by molar-refractivity contribution is -0.127. The highest BCUT2D eigenvalue weighted by Crippen LogP contribution is 2.35. The van der Waals surface area contributed by atoms with E-state index in [1.807, 2.05) is 44.2 Å². The summed E-state index contributed by atoms with van der Waals surface area (Å²) in [6.07, 6.45) is 5.44. The second-order valence-electron chi connectivity index (χ2n) is 10.5. The van der Waals surface area contributed by atoms with Gasteiger partial charge < -0.3 is 10.1 Å². The fourth-order valence-corrected chi connectivity index (χ4v) is 4.80. The predicted octanol–water partition coefficient (Wildman–Crippen LogP) is 4.45. The lowest BCUT2D eigenvalue weighted by Crippen LogP contribution is -2.65. The summed E-state index contributed by atoms with van der Waals surface area (Å²) in [6.45, 7) is 10.9. The molecule has 1 unspecified atom stereocenters. The van der Waals surface area contributed by atoms with Gasteiger partial charge in [0.1, 0.15) is 17.0 Å². The minimum atomic E-state index is -1.10. The molecule has 2 aromatic rings. The van der Waals surface area contributed by atoms with Crippen molar-refractivity contribution in [3.63, 3.8) is 0 Å². The van der Waals surface area contributed by atoms with Crippen LogP contribution < -0.4 is 15.0 Å². The van der Waals surface area contributed by atoms with Crippen molar-refractivity contribution in [2.24, 2.45) is 0 Å². The molecule has 2 heterocycles. The maximum absolute atomic E-state index is 13.8. The van der Waals surface area contributed by atoms with Crippen LogP contribution >= 0.6 is 0 Å². The Hall–Kier alpha value is -2.83. The maximum atomic E-state index is 13.8. The Morgan fingerprint density at radius 1 is 1.18 bits per heavy atom. The molecular weight excluding hydrogens is 416 g/mol. The van der Waals surface area contributed by atoms with Crippen LogP contribution in [0.25, 0.3) is 0 Å². The molecule has 0 bridgehead atoms. The zero-order chi connectivity index (χ0) is 23.8. The second kappa shape index (κ2) is 8.84. The molecule has 1 fully saturated rings. The molecule has 7 heteroatoms. The number of carbonyl (C=O) groups is 2. The minimum absolute atomic E-state index is 0.130. The van der Waals surface area contributed by atoms with E-state index >= 15 is 0 Å². The first-order chi connectivity index (χ1) is 15.6. The smallest absolute Gasteiger partial charge is 0.277 e. The molecule has 4 rings (SSSR count). The van der Waals surface area contributed by atoms with Crippen LogP contribution in [0.5, 0.6) is 5.75 Å². The van der Waals surface area contributed by atoms with Crippen molar-refractivity contribution in [1.29, 1.82) is 0 Å². The number of nitrogens with one attached hydrogen (secondary N) is 1. The number of amides is 2. The Morgan fingerprint density at radius 2 is 1.85 bits per heavy atom. The second-order valence-corrected chi connectivity index (χ2v) is 10.5. The number of hydrogen-bond acceptors (Lipinski definition) is 4. The molecular formula is C26H36N4O3. The molecule has 1 saturated carbocycles. The van der Waals surface area contributed by atoms with E-state index in [4.69, 9.17) is 9.84 Å². The lowest BCUT2D eigenvalue weighted by Gasteiger charge is -2.44. The van der Waals surface area contributed by atoms with Crippen LogP contribution in [-0.4, -0.2) is 39.8 Å². The van der Waals surface area contributed by atoms with Gasteiger partial charge in [-0.2, -0.15) is 5.10 Å². The summed E-state index contributed by atoms with van der Waals surface area (Å²) in [4.78, 5) is 29.2. The Kier molecular flexibility index (Phi) is 6.25. The predicted molar refractivity (Wildman–Crippen MR) is 129 cm³/mol. The molecule has 1 atom stereocenters. The van der Waals surface area contributed by atoms with Gasteiger partial charge in [0.2, 0.25) is 5.91 Å². The summed E-state index contributed by atoms with van der Waals surface area (Å²) in [6, 6.07) is 9.42.